The molecule has 3 N–H and O–H groups in total. The van der Waals surface area contributed by atoms with Crippen molar-refractivity contribution in [1.82, 2.24) is 9.97 Å². The van der Waals surface area contributed by atoms with Gasteiger partial charge in [-0.05, 0) is 42.5 Å². The van der Waals surface area contributed by atoms with E-state index in [-0.39, 0.29) is 11.8 Å². The molecule has 0 fully saturated rings. The van der Waals surface area contributed by atoms with Crippen LogP contribution >= 0.6 is 0 Å². The lowest BCUT2D eigenvalue weighted by Crippen LogP contribution is -2.11. The van der Waals surface area contributed by atoms with Crippen molar-refractivity contribution in [3.05, 3.63) is 78.4 Å². The van der Waals surface area contributed by atoms with Crippen molar-refractivity contribution in [2.24, 2.45) is 0 Å². The molecule has 4 aromatic rings. The summed E-state index contributed by atoms with van der Waals surface area (Å²) in [5, 5.41) is 5.62. The highest BCUT2D eigenvalue weighted by Crippen LogP contribution is 2.23. The fourth-order valence-corrected chi connectivity index (χ4v) is 2.93. The molecule has 0 unspecified atom stereocenters. The summed E-state index contributed by atoms with van der Waals surface area (Å²) in [5.41, 5.74) is 4.53. The number of nitrogens with one attached hydrogen (secondary N) is 3. The van der Waals surface area contributed by atoms with Crippen LogP contribution in [0.1, 0.15) is 17.3 Å². The Bertz CT molecular complexity index is 1150. The highest BCUT2D eigenvalue weighted by atomic mass is 16.2. The third-order valence-corrected chi connectivity index (χ3v) is 4.25. The van der Waals surface area contributed by atoms with E-state index in [4.69, 9.17) is 0 Å². The number of amides is 2. The third kappa shape index (κ3) is 3.76. The van der Waals surface area contributed by atoms with Crippen molar-refractivity contribution in [2.45, 2.75) is 6.92 Å². The van der Waals surface area contributed by atoms with Crippen molar-refractivity contribution in [3.8, 4) is 11.4 Å². The zero-order valence-electron chi connectivity index (χ0n) is 15.2. The molecule has 28 heavy (non-hydrogen) atoms. The van der Waals surface area contributed by atoms with Crippen LogP contribution in [0, 0.1) is 0 Å². The Labute approximate surface area is 161 Å². The van der Waals surface area contributed by atoms with E-state index in [9.17, 15) is 9.59 Å². The molecule has 0 atom stereocenters. The van der Waals surface area contributed by atoms with Gasteiger partial charge in [-0.3, -0.25) is 9.59 Å². The second-order valence-corrected chi connectivity index (χ2v) is 6.40. The highest BCUT2D eigenvalue weighted by molar-refractivity contribution is 6.04. The number of carbonyl (C=O) groups excluding carboxylic acids is 2. The third-order valence-electron chi connectivity index (χ3n) is 4.25. The maximum Gasteiger partial charge on any atom is 0.255 e. The minimum Gasteiger partial charge on any atom is -0.338 e. The van der Waals surface area contributed by atoms with Gasteiger partial charge in [0.1, 0.15) is 5.82 Å². The summed E-state index contributed by atoms with van der Waals surface area (Å²) in [5.74, 6) is 0.413. The predicted molar refractivity (Wildman–Crippen MR) is 110 cm³/mol. The summed E-state index contributed by atoms with van der Waals surface area (Å²) in [4.78, 5) is 31.4. The topological polar surface area (TPSA) is 86.9 Å². The quantitative estimate of drug-likeness (QED) is 0.496. The Kier molecular flexibility index (Phi) is 4.60. The fraction of sp³-hybridized carbons (Fsp3) is 0.0455. The van der Waals surface area contributed by atoms with Crippen LogP contribution in [0.3, 0.4) is 0 Å². The van der Waals surface area contributed by atoms with Gasteiger partial charge in [-0.15, -0.1) is 0 Å². The molecule has 0 radical (unpaired) electrons. The zero-order valence-corrected chi connectivity index (χ0v) is 15.2. The number of carbonyl (C=O) groups is 2. The summed E-state index contributed by atoms with van der Waals surface area (Å²) in [6.07, 6.45) is 0. The number of para-hydroxylation sites is 1. The maximum absolute atomic E-state index is 12.4. The lowest BCUT2D eigenvalue weighted by molar-refractivity contribution is -0.114. The number of anilines is 2. The zero-order chi connectivity index (χ0) is 19.5. The Balaban J connectivity index is 1.54. The summed E-state index contributed by atoms with van der Waals surface area (Å²) in [7, 11) is 0. The summed E-state index contributed by atoms with van der Waals surface area (Å²) in [6, 6.07) is 22.1. The monoisotopic (exact) mass is 370 g/mol. The number of fused-ring (bicyclic) bond motifs is 1. The SMILES string of the molecule is CC(=O)Nc1ccc2nc(-c3ccc(C(=O)Nc4ccccc4)cc3)[nH]c2c1. The number of H-pyrrole nitrogens is 1. The van der Waals surface area contributed by atoms with Crippen molar-refractivity contribution in [1.29, 1.82) is 0 Å². The van der Waals surface area contributed by atoms with Crippen LogP contribution in [0.5, 0.6) is 0 Å². The van der Waals surface area contributed by atoms with Gasteiger partial charge in [0.25, 0.3) is 5.91 Å². The van der Waals surface area contributed by atoms with Crippen molar-refractivity contribution >= 4 is 34.2 Å². The molecule has 0 spiro atoms. The standard InChI is InChI=1S/C22H18N4O2/c1-14(27)23-18-11-12-19-20(13-18)26-21(25-19)15-7-9-16(10-8-15)22(28)24-17-5-3-2-4-6-17/h2-13H,1H3,(H,23,27)(H,24,28)(H,25,26). The molecule has 0 aliphatic heterocycles. The molecule has 0 aliphatic carbocycles. The smallest absolute Gasteiger partial charge is 0.255 e. The highest BCUT2D eigenvalue weighted by Gasteiger charge is 2.09. The van der Waals surface area contributed by atoms with Crippen LogP contribution in [-0.4, -0.2) is 21.8 Å². The molecule has 2 amide bonds. The lowest BCUT2D eigenvalue weighted by atomic mass is 10.1. The number of benzene rings is 3. The minimum atomic E-state index is -0.165. The van der Waals surface area contributed by atoms with Crippen LogP contribution in [0.25, 0.3) is 22.4 Å². The molecule has 4 rings (SSSR count). The van der Waals surface area contributed by atoms with Gasteiger partial charge in [0.15, 0.2) is 0 Å². The van der Waals surface area contributed by atoms with Crippen LogP contribution in [-0.2, 0) is 4.79 Å². The summed E-state index contributed by atoms with van der Waals surface area (Å²) >= 11 is 0. The molecule has 0 saturated carbocycles. The number of aromatic amines is 1. The van der Waals surface area contributed by atoms with E-state index in [0.717, 1.165) is 22.3 Å². The number of hydrogen-bond acceptors (Lipinski definition) is 3. The average molecular weight is 370 g/mol. The second-order valence-electron chi connectivity index (χ2n) is 6.40. The lowest BCUT2D eigenvalue weighted by Gasteiger charge is -2.05. The van der Waals surface area contributed by atoms with Crippen molar-refractivity contribution in [2.75, 3.05) is 10.6 Å². The Morgan fingerprint density at radius 1 is 0.857 bits per heavy atom. The number of nitrogens with zero attached hydrogens (tertiary/aromatic N) is 1. The van der Waals surface area contributed by atoms with E-state index in [0.29, 0.717) is 17.1 Å². The van der Waals surface area contributed by atoms with E-state index < -0.39 is 0 Å². The molecular weight excluding hydrogens is 352 g/mol. The number of rotatable bonds is 4. The number of aromatic nitrogens is 2. The van der Waals surface area contributed by atoms with Crippen LogP contribution in [0.4, 0.5) is 11.4 Å². The van der Waals surface area contributed by atoms with Gasteiger partial charge in [-0.1, -0.05) is 30.3 Å². The Hall–Kier alpha value is -3.93. The molecule has 1 heterocycles. The molecule has 1 aromatic heterocycles. The predicted octanol–water partition coefficient (Wildman–Crippen LogP) is 4.44. The van der Waals surface area contributed by atoms with Gasteiger partial charge in [-0.25, -0.2) is 4.98 Å². The molecule has 0 aliphatic rings. The normalized spacial score (nSPS) is 10.6. The second kappa shape index (κ2) is 7.36. The Morgan fingerprint density at radius 2 is 1.61 bits per heavy atom. The van der Waals surface area contributed by atoms with Crippen LogP contribution < -0.4 is 10.6 Å². The summed E-state index contributed by atoms with van der Waals surface area (Å²) in [6.45, 7) is 1.47. The van der Waals surface area contributed by atoms with Crippen molar-refractivity contribution < 1.29 is 9.59 Å². The van der Waals surface area contributed by atoms with Crippen LogP contribution in [0.15, 0.2) is 72.8 Å². The van der Waals surface area contributed by atoms with E-state index in [1.54, 1.807) is 12.1 Å². The maximum atomic E-state index is 12.4. The van der Waals surface area contributed by atoms with Gasteiger partial charge in [0.05, 0.1) is 11.0 Å². The van der Waals surface area contributed by atoms with Gasteiger partial charge in [0, 0.05) is 29.4 Å². The summed E-state index contributed by atoms with van der Waals surface area (Å²) < 4.78 is 0. The molecule has 0 bridgehead atoms. The van der Waals surface area contributed by atoms with E-state index >= 15 is 0 Å². The number of imidazole rings is 1. The minimum absolute atomic E-state index is 0.122. The van der Waals surface area contributed by atoms with Crippen LogP contribution in [0.2, 0.25) is 0 Å². The molecule has 3 aromatic carbocycles. The average Bonchev–Trinajstić information content (AvgIpc) is 3.12. The molecule has 0 saturated heterocycles. The molecule has 6 nitrogen and oxygen atoms in total. The Morgan fingerprint density at radius 3 is 2.32 bits per heavy atom. The fourth-order valence-electron chi connectivity index (χ4n) is 2.93. The molecule has 138 valence electrons. The van der Waals surface area contributed by atoms with Gasteiger partial charge in [0.2, 0.25) is 5.91 Å². The van der Waals surface area contributed by atoms with Crippen molar-refractivity contribution in [3.63, 3.8) is 0 Å². The first-order valence-electron chi connectivity index (χ1n) is 8.83. The molecule has 6 heteroatoms. The van der Waals surface area contributed by atoms with Gasteiger partial charge in [-0.2, -0.15) is 0 Å². The van der Waals surface area contributed by atoms with Gasteiger partial charge >= 0.3 is 0 Å². The van der Waals surface area contributed by atoms with E-state index in [1.807, 2.05) is 60.7 Å². The number of hydrogen-bond donors (Lipinski definition) is 3. The van der Waals surface area contributed by atoms with E-state index in [1.165, 1.54) is 6.92 Å². The largest absolute Gasteiger partial charge is 0.338 e. The van der Waals surface area contributed by atoms with Gasteiger partial charge < -0.3 is 15.6 Å². The first kappa shape index (κ1) is 17.5. The first-order valence-corrected chi connectivity index (χ1v) is 8.83. The van der Waals surface area contributed by atoms with E-state index in [2.05, 4.69) is 20.6 Å². The first-order chi connectivity index (χ1) is 13.6. The molecular formula is C22H18N4O2.